The molecule has 9 heteroatoms. The normalized spacial score (nSPS) is 18.5. The number of carbonyl (C=O) groups excluding carboxylic acids is 1. The zero-order valence-corrected chi connectivity index (χ0v) is 57.2. The van der Waals surface area contributed by atoms with Gasteiger partial charge in [0, 0.05) is 6.42 Å². The highest BCUT2D eigenvalue weighted by atomic mass is 16.7. The summed E-state index contributed by atoms with van der Waals surface area (Å²) in [5.41, 5.74) is 0. The smallest absolute Gasteiger partial charge is 0.220 e. The molecular weight excluding hydrogens is 1090 g/mol. The second-order valence-corrected chi connectivity index (χ2v) is 25.7. The molecule has 0 spiro atoms. The Morgan fingerprint density at radius 3 is 1.05 bits per heavy atom. The second-order valence-electron chi connectivity index (χ2n) is 25.7. The summed E-state index contributed by atoms with van der Waals surface area (Å²) >= 11 is 0. The Labute approximate surface area is 543 Å². The van der Waals surface area contributed by atoms with Crippen LogP contribution < -0.4 is 5.32 Å². The lowest BCUT2D eigenvalue weighted by Crippen LogP contribution is -2.60. The number of hydrogen-bond acceptors (Lipinski definition) is 8. The Morgan fingerprint density at radius 1 is 0.398 bits per heavy atom. The van der Waals surface area contributed by atoms with Gasteiger partial charge in [-0.3, -0.25) is 4.79 Å². The minimum atomic E-state index is -1.57. The molecule has 1 rings (SSSR count). The highest BCUT2D eigenvalue weighted by molar-refractivity contribution is 5.76. The van der Waals surface area contributed by atoms with Gasteiger partial charge in [-0.1, -0.05) is 355 Å². The van der Waals surface area contributed by atoms with Crippen LogP contribution in [0.25, 0.3) is 0 Å². The van der Waals surface area contributed by atoms with E-state index in [0.29, 0.717) is 6.42 Å². The van der Waals surface area contributed by atoms with E-state index in [1.165, 1.54) is 238 Å². The van der Waals surface area contributed by atoms with Crippen LogP contribution in [0.5, 0.6) is 0 Å². The molecule has 510 valence electrons. The molecule has 0 aromatic heterocycles. The summed E-state index contributed by atoms with van der Waals surface area (Å²) in [4.78, 5) is 13.2. The molecule has 1 fully saturated rings. The highest BCUT2D eigenvalue weighted by Gasteiger charge is 2.44. The number of carbonyl (C=O) groups is 1. The number of aliphatic hydroxyl groups is 5. The number of rotatable bonds is 65. The van der Waals surface area contributed by atoms with Crippen molar-refractivity contribution in [3.63, 3.8) is 0 Å². The quantitative estimate of drug-likeness (QED) is 0.0261. The molecule has 1 saturated heterocycles. The van der Waals surface area contributed by atoms with E-state index in [-0.39, 0.29) is 12.5 Å². The molecule has 88 heavy (non-hydrogen) atoms. The van der Waals surface area contributed by atoms with E-state index in [2.05, 4.69) is 104 Å². The largest absolute Gasteiger partial charge is 0.394 e. The van der Waals surface area contributed by atoms with Gasteiger partial charge < -0.3 is 40.3 Å². The number of unbranched alkanes of at least 4 members (excludes halogenated alkanes) is 41. The van der Waals surface area contributed by atoms with Crippen molar-refractivity contribution in [1.82, 2.24) is 5.32 Å². The lowest BCUT2D eigenvalue weighted by atomic mass is 9.99. The fourth-order valence-electron chi connectivity index (χ4n) is 11.6. The summed E-state index contributed by atoms with van der Waals surface area (Å²) < 4.78 is 11.3. The lowest BCUT2D eigenvalue weighted by molar-refractivity contribution is -0.302. The fourth-order valence-corrected chi connectivity index (χ4v) is 11.6. The lowest BCUT2D eigenvalue weighted by Gasteiger charge is -2.40. The van der Waals surface area contributed by atoms with Crippen LogP contribution in [0.1, 0.15) is 341 Å². The number of amides is 1. The maximum Gasteiger partial charge on any atom is 0.220 e. The van der Waals surface area contributed by atoms with E-state index >= 15 is 0 Å². The van der Waals surface area contributed by atoms with Gasteiger partial charge in [0.1, 0.15) is 24.4 Å². The summed E-state index contributed by atoms with van der Waals surface area (Å²) in [7, 11) is 0. The molecule has 1 aliphatic rings. The molecule has 0 radical (unpaired) electrons. The van der Waals surface area contributed by atoms with Gasteiger partial charge in [0.25, 0.3) is 0 Å². The van der Waals surface area contributed by atoms with Crippen molar-refractivity contribution in [2.24, 2.45) is 0 Å². The third kappa shape index (κ3) is 54.8. The minimum Gasteiger partial charge on any atom is -0.394 e. The van der Waals surface area contributed by atoms with E-state index in [1.807, 2.05) is 6.08 Å². The molecule has 0 bridgehead atoms. The van der Waals surface area contributed by atoms with Gasteiger partial charge in [0.05, 0.1) is 25.4 Å². The first-order valence-electron chi connectivity index (χ1n) is 37.5. The predicted octanol–water partition coefficient (Wildman–Crippen LogP) is 21.0. The topological polar surface area (TPSA) is 149 Å². The van der Waals surface area contributed by atoms with Gasteiger partial charge >= 0.3 is 0 Å². The third-order valence-electron chi connectivity index (χ3n) is 17.4. The molecule has 0 aromatic carbocycles. The maximum atomic E-state index is 13.2. The molecule has 1 aliphatic heterocycles. The van der Waals surface area contributed by atoms with Crippen molar-refractivity contribution in [2.75, 3.05) is 13.2 Å². The van der Waals surface area contributed by atoms with E-state index < -0.39 is 49.5 Å². The predicted molar refractivity (Wildman–Crippen MR) is 378 cm³/mol. The average Bonchev–Trinajstić information content (AvgIpc) is 3.29. The molecule has 0 aliphatic carbocycles. The number of aliphatic hydroxyl groups excluding tert-OH is 5. The molecule has 6 N–H and O–H groups in total. The average molecular weight is 1230 g/mol. The first kappa shape index (κ1) is 83.1. The Kier molecular flexibility index (Phi) is 63.3. The molecule has 7 atom stereocenters. The monoisotopic (exact) mass is 1230 g/mol. The summed E-state index contributed by atoms with van der Waals surface area (Å²) in [5.74, 6) is -0.175. The Hall–Kier alpha value is -2.89. The Bertz CT molecular complexity index is 1720. The first-order valence-corrected chi connectivity index (χ1v) is 37.5. The van der Waals surface area contributed by atoms with Crippen LogP contribution in [0.3, 0.4) is 0 Å². The van der Waals surface area contributed by atoms with Gasteiger partial charge in [-0.05, 0) is 77.0 Å². The van der Waals surface area contributed by atoms with Gasteiger partial charge in [-0.15, -0.1) is 0 Å². The molecule has 1 heterocycles. The van der Waals surface area contributed by atoms with Gasteiger partial charge in [0.2, 0.25) is 5.91 Å². The van der Waals surface area contributed by atoms with E-state index in [0.717, 1.165) is 83.5 Å². The Balaban J connectivity index is 2.11. The van der Waals surface area contributed by atoms with E-state index in [1.54, 1.807) is 6.08 Å². The standard InChI is InChI=1S/C79H141NO8/c1-3-5-7-9-11-13-15-17-19-21-23-25-27-29-31-33-34-35-36-37-38-39-40-41-43-45-47-49-51-53-55-57-59-61-63-65-67-69-75(83)80-72(71-87-79-78(86)77(85)76(84)74(70-81)88-79)73(82)68-66-64-62-60-58-56-54-52-50-48-46-44-42-32-30-28-26-24-22-20-18-16-14-12-10-8-6-4-2/h5,7,11,13,17,19,23,25,29,31,34-35,37-38,66,68,72-74,76-79,81-82,84-86H,3-4,6,8-10,12,14-16,18,20-22,24,26-28,30,32-33,36,39-65,67,69-71H2,1-2H3,(H,80,83)/b7-5-,13-11-,19-17-,25-23-,31-29-,35-34-,38-37-,68-66+. The van der Waals surface area contributed by atoms with Crippen LogP contribution in [0.2, 0.25) is 0 Å². The number of nitrogens with one attached hydrogen (secondary N) is 1. The summed E-state index contributed by atoms with van der Waals surface area (Å²) in [6.45, 7) is 3.70. The molecule has 7 unspecified atom stereocenters. The summed E-state index contributed by atoms with van der Waals surface area (Å²) in [5, 5.41) is 54.9. The first-order chi connectivity index (χ1) is 43.3. The van der Waals surface area contributed by atoms with E-state index in [4.69, 9.17) is 9.47 Å². The van der Waals surface area contributed by atoms with Crippen molar-refractivity contribution in [2.45, 2.75) is 384 Å². The highest BCUT2D eigenvalue weighted by Crippen LogP contribution is 2.23. The van der Waals surface area contributed by atoms with E-state index in [9.17, 15) is 30.3 Å². The van der Waals surface area contributed by atoms with Crippen LogP contribution in [-0.2, 0) is 14.3 Å². The molecule has 9 nitrogen and oxygen atoms in total. The number of ether oxygens (including phenoxy) is 2. The zero-order valence-electron chi connectivity index (χ0n) is 57.2. The SMILES string of the molecule is CC/C=C\C/C=C\C/C=C\C/C=C\C/C=C\C/C=C\C/C=C\CCCCCCCCCCCCCCCCCC(=O)NC(COC1OC(CO)C(O)C(O)C1O)C(O)/C=C/CCCCCCCCCCCCCCCCCCCCCCCCCCCC. The second kappa shape index (κ2) is 67.0. The van der Waals surface area contributed by atoms with Crippen LogP contribution in [-0.4, -0.2) is 87.5 Å². The van der Waals surface area contributed by atoms with Crippen molar-refractivity contribution in [3.8, 4) is 0 Å². The van der Waals surface area contributed by atoms with Crippen molar-refractivity contribution >= 4 is 5.91 Å². The summed E-state index contributed by atoms with van der Waals surface area (Å²) in [6.07, 6.45) is 90.9. The third-order valence-corrected chi connectivity index (χ3v) is 17.4. The van der Waals surface area contributed by atoms with Crippen molar-refractivity contribution in [1.29, 1.82) is 0 Å². The zero-order chi connectivity index (χ0) is 63.5. The number of hydrogen-bond donors (Lipinski definition) is 6. The molecule has 0 aromatic rings. The van der Waals surface area contributed by atoms with Crippen LogP contribution in [0, 0.1) is 0 Å². The van der Waals surface area contributed by atoms with Gasteiger partial charge in [-0.25, -0.2) is 0 Å². The van der Waals surface area contributed by atoms with Crippen LogP contribution >= 0.6 is 0 Å². The summed E-state index contributed by atoms with van der Waals surface area (Å²) in [6, 6.07) is -0.811. The molecule has 0 saturated carbocycles. The Morgan fingerprint density at radius 2 is 0.705 bits per heavy atom. The minimum absolute atomic E-state index is 0.175. The van der Waals surface area contributed by atoms with Crippen molar-refractivity contribution in [3.05, 3.63) is 97.2 Å². The van der Waals surface area contributed by atoms with Crippen molar-refractivity contribution < 1.29 is 39.8 Å². The fraction of sp³-hybridized carbons (Fsp3) is 0.785. The number of allylic oxidation sites excluding steroid dienone is 15. The molecular formula is C79H141NO8. The van der Waals surface area contributed by atoms with Gasteiger partial charge in [0.15, 0.2) is 6.29 Å². The van der Waals surface area contributed by atoms with Crippen LogP contribution in [0.4, 0.5) is 0 Å². The van der Waals surface area contributed by atoms with Crippen LogP contribution in [0.15, 0.2) is 97.2 Å². The van der Waals surface area contributed by atoms with Gasteiger partial charge in [-0.2, -0.15) is 0 Å². The molecule has 1 amide bonds. The maximum absolute atomic E-state index is 13.2.